The Kier molecular flexibility index (Phi) is 4.94. The summed E-state index contributed by atoms with van der Waals surface area (Å²) < 4.78 is 5.85. The summed E-state index contributed by atoms with van der Waals surface area (Å²) in [7, 11) is 0. The molecule has 27 heavy (non-hydrogen) atoms. The molecule has 2 atom stereocenters. The van der Waals surface area contributed by atoms with Gasteiger partial charge in [-0.25, -0.2) is 0 Å². The number of carbonyl (C=O) groups excluding carboxylic acids is 2. The second kappa shape index (κ2) is 7.53. The number of fused-ring (bicyclic) bond motifs is 1. The Hall–Kier alpha value is -2.66. The van der Waals surface area contributed by atoms with E-state index in [1.54, 1.807) is 4.90 Å². The summed E-state index contributed by atoms with van der Waals surface area (Å²) in [6.07, 6.45) is 1.04. The van der Waals surface area contributed by atoms with E-state index in [2.05, 4.69) is 17.4 Å². The number of rotatable bonds is 4. The monoisotopic (exact) mass is 364 g/mol. The number of aryl methyl sites for hydroxylation is 1. The van der Waals surface area contributed by atoms with Crippen molar-refractivity contribution in [2.24, 2.45) is 5.92 Å². The van der Waals surface area contributed by atoms with Crippen molar-refractivity contribution < 1.29 is 14.3 Å². The highest BCUT2D eigenvalue weighted by Crippen LogP contribution is 2.26. The number of hydrogen-bond donors (Lipinski definition) is 1. The standard InChI is InChI=1S/C22H24N2O3/c1-15-6-8-19(9-7-15)24-13-18(11-21(24)25)22(26)23-12-20-10-16-4-2-3-5-17(16)14-27-20/h2-9,18,20H,10-14H2,1H3,(H,23,26). The molecule has 5 nitrogen and oxygen atoms in total. The lowest BCUT2D eigenvalue weighted by atomic mass is 9.99. The van der Waals surface area contributed by atoms with Crippen molar-refractivity contribution in [2.75, 3.05) is 18.0 Å². The summed E-state index contributed by atoms with van der Waals surface area (Å²) in [5.74, 6) is -0.378. The van der Waals surface area contributed by atoms with Crippen LogP contribution in [0, 0.1) is 12.8 Å². The van der Waals surface area contributed by atoms with Gasteiger partial charge in [-0.2, -0.15) is 0 Å². The third kappa shape index (κ3) is 3.88. The Labute approximate surface area is 159 Å². The molecule has 1 saturated heterocycles. The van der Waals surface area contributed by atoms with Gasteiger partial charge in [0.15, 0.2) is 0 Å². The van der Waals surface area contributed by atoms with Crippen molar-refractivity contribution in [1.29, 1.82) is 0 Å². The molecule has 5 heteroatoms. The van der Waals surface area contributed by atoms with E-state index in [-0.39, 0.29) is 30.3 Å². The Morgan fingerprint density at radius 2 is 1.85 bits per heavy atom. The Balaban J connectivity index is 1.32. The molecule has 0 radical (unpaired) electrons. The number of carbonyl (C=O) groups is 2. The zero-order valence-corrected chi connectivity index (χ0v) is 15.5. The van der Waals surface area contributed by atoms with E-state index in [0.717, 1.165) is 17.7 Å². The highest BCUT2D eigenvalue weighted by molar-refractivity contribution is 6.00. The van der Waals surface area contributed by atoms with Gasteiger partial charge in [-0.15, -0.1) is 0 Å². The van der Waals surface area contributed by atoms with E-state index in [1.807, 2.05) is 43.3 Å². The average Bonchev–Trinajstić information content (AvgIpc) is 3.08. The first kappa shape index (κ1) is 17.7. The molecule has 0 saturated carbocycles. The van der Waals surface area contributed by atoms with Crippen LogP contribution in [0.4, 0.5) is 5.69 Å². The van der Waals surface area contributed by atoms with Crippen molar-refractivity contribution in [2.45, 2.75) is 32.5 Å². The summed E-state index contributed by atoms with van der Waals surface area (Å²) in [5, 5.41) is 2.98. The average molecular weight is 364 g/mol. The van der Waals surface area contributed by atoms with Crippen LogP contribution in [-0.4, -0.2) is 31.0 Å². The molecule has 0 aromatic heterocycles. The van der Waals surface area contributed by atoms with Crippen LogP contribution >= 0.6 is 0 Å². The zero-order chi connectivity index (χ0) is 18.8. The number of anilines is 1. The van der Waals surface area contributed by atoms with Gasteiger partial charge >= 0.3 is 0 Å². The predicted molar refractivity (Wildman–Crippen MR) is 103 cm³/mol. The Bertz CT molecular complexity index is 847. The number of nitrogens with zero attached hydrogens (tertiary/aromatic N) is 1. The molecule has 2 aliphatic heterocycles. The first-order chi connectivity index (χ1) is 13.1. The number of amides is 2. The van der Waals surface area contributed by atoms with Gasteiger partial charge in [-0.1, -0.05) is 42.0 Å². The first-order valence-electron chi connectivity index (χ1n) is 9.43. The van der Waals surface area contributed by atoms with Crippen LogP contribution < -0.4 is 10.2 Å². The van der Waals surface area contributed by atoms with Crippen LogP contribution in [0.1, 0.15) is 23.1 Å². The molecule has 0 aliphatic carbocycles. The van der Waals surface area contributed by atoms with E-state index < -0.39 is 0 Å². The molecule has 2 amide bonds. The Morgan fingerprint density at radius 1 is 1.11 bits per heavy atom. The van der Waals surface area contributed by atoms with Crippen molar-refractivity contribution >= 4 is 17.5 Å². The van der Waals surface area contributed by atoms with Crippen LogP contribution in [0.25, 0.3) is 0 Å². The predicted octanol–water partition coefficient (Wildman–Crippen LogP) is 2.61. The molecule has 2 aromatic carbocycles. The van der Waals surface area contributed by atoms with Crippen LogP contribution in [-0.2, 0) is 27.4 Å². The van der Waals surface area contributed by atoms with Crippen LogP contribution in [0.3, 0.4) is 0 Å². The van der Waals surface area contributed by atoms with Gasteiger partial charge in [0, 0.05) is 31.6 Å². The fourth-order valence-corrected chi connectivity index (χ4v) is 3.76. The van der Waals surface area contributed by atoms with Crippen LogP contribution in [0.15, 0.2) is 48.5 Å². The van der Waals surface area contributed by atoms with Crippen molar-refractivity contribution in [3.63, 3.8) is 0 Å². The van der Waals surface area contributed by atoms with E-state index in [9.17, 15) is 9.59 Å². The number of nitrogens with one attached hydrogen (secondary N) is 1. The largest absolute Gasteiger partial charge is 0.371 e. The smallest absolute Gasteiger partial charge is 0.227 e. The molecule has 140 valence electrons. The van der Waals surface area contributed by atoms with Gasteiger partial charge in [0.25, 0.3) is 0 Å². The quantitative estimate of drug-likeness (QED) is 0.907. The van der Waals surface area contributed by atoms with Gasteiger partial charge in [-0.05, 0) is 30.2 Å². The molecule has 2 aliphatic rings. The SMILES string of the molecule is Cc1ccc(N2CC(C(=O)NCC3Cc4ccccc4CO3)CC2=O)cc1. The van der Waals surface area contributed by atoms with E-state index in [1.165, 1.54) is 11.1 Å². The lowest BCUT2D eigenvalue weighted by Crippen LogP contribution is -2.40. The Morgan fingerprint density at radius 3 is 2.63 bits per heavy atom. The summed E-state index contributed by atoms with van der Waals surface area (Å²) in [4.78, 5) is 26.6. The summed E-state index contributed by atoms with van der Waals surface area (Å²) >= 11 is 0. The van der Waals surface area contributed by atoms with Gasteiger partial charge in [0.1, 0.15) is 0 Å². The fraction of sp³-hybridized carbons (Fsp3) is 0.364. The minimum atomic E-state index is -0.310. The molecule has 2 unspecified atom stereocenters. The van der Waals surface area contributed by atoms with Gasteiger partial charge in [-0.3, -0.25) is 9.59 Å². The molecule has 4 rings (SSSR count). The molecule has 1 N–H and O–H groups in total. The third-order valence-corrected chi connectivity index (χ3v) is 5.39. The maximum absolute atomic E-state index is 12.6. The third-order valence-electron chi connectivity index (χ3n) is 5.39. The maximum atomic E-state index is 12.6. The molecule has 2 heterocycles. The molecule has 0 bridgehead atoms. The van der Waals surface area contributed by atoms with Gasteiger partial charge < -0.3 is 15.0 Å². The summed E-state index contributed by atoms with van der Waals surface area (Å²) in [6, 6.07) is 16.1. The molecule has 2 aromatic rings. The van der Waals surface area contributed by atoms with E-state index >= 15 is 0 Å². The molecule has 0 spiro atoms. The zero-order valence-electron chi connectivity index (χ0n) is 15.5. The van der Waals surface area contributed by atoms with Crippen LogP contribution in [0.2, 0.25) is 0 Å². The highest BCUT2D eigenvalue weighted by Gasteiger charge is 2.35. The van der Waals surface area contributed by atoms with E-state index in [0.29, 0.717) is 19.7 Å². The number of benzene rings is 2. The summed E-state index contributed by atoms with van der Waals surface area (Å²) in [5.41, 5.74) is 4.50. The highest BCUT2D eigenvalue weighted by atomic mass is 16.5. The van der Waals surface area contributed by atoms with Crippen molar-refractivity contribution in [1.82, 2.24) is 5.32 Å². The minimum absolute atomic E-state index is 0.00171. The minimum Gasteiger partial charge on any atom is -0.371 e. The number of ether oxygens (including phenoxy) is 1. The lowest BCUT2D eigenvalue weighted by molar-refractivity contribution is -0.127. The molecular formula is C22H24N2O3. The lowest BCUT2D eigenvalue weighted by Gasteiger charge is -2.26. The van der Waals surface area contributed by atoms with E-state index in [4.69, 9.17) is 4.74 Å². The van der Waals surface area contributed by atoms with Gasteiger partial charge in [0.05, 0.1) is 18.6 Å². The first-order valence-corrected chi connectivity index (χ1v) is 9.43. The van der Waals surface area contributed by atoms with Gasteiger partial charge in [0.2, 0.25) is 11.8 Å². The normalized spacial score (nSPS) is 21.8. The summed E-state index contributed by atoms with van der Waals surface area (Å²) in [6.45, 7) is 3.50. The fourth-order valence-electron chi connectivity index (χ4n) is 3.76. The van der Waals surface area contributed by atoms with Crippen LogP contribution in [0.5, 0.6) is 0 Å². The second-order valence-electron chi connectivity index (χ2n) is 7.39. The topological polar surface area (TPSA) is 58.6 Å². The molecular weight excluding hydrogens is 340 g/mol. The van der Waals surface area contributed by atoms with Crippen molar-refractivity contribution in [3.05, 3.63) is 65.2 Å². The number of hydrogen-bond acceptors (Lipinski definition) is 3. The second-order valence-corrected chi connectivity index (χ2v) is 7.39. The molecule has 1 fully saturated rings. The maximum Gasteiger partial charge on any atom is 0.227 e. The van der Waals surface area contributed by atoms with Crippen molar-refractivity contribution in [3.8, 4) is 0 Å².